The number of unbranched alkanes of at least 4 members (excludes halogenated alkanes) is 8. The lowest BCUT2D eigenvalue weighted by Crippen LogP contribution is -2.29. The van der Waals surface area contributed by atoms with Gasteiger partial charge in [0.25, 0.3) is 0 Å². The second-order valence-corrected chi connectivity index (χ2v) is 15.4. The summed E-state index contributed by atoms with van der Waals surface area (Å²) in [5, 5.41) is 9.89. The summed E-state index contributed by atoms with van der Waals surface area (Å²) in [7, 11) is -4.42. The predicted molar refractivity (Wildman–Crippen MR) is 220 cm³/mol. The number of nitrogens with two attached hydrogens (primary N) is 1. The number of carbonyl (C=O) groups excluding carboxylic acids is 2. The number of aliphatic hydroxyl groups excluding tert-OH is 1. The van der Waals surface area contributed by atoms with E-state index in [0.717, 1.165) is 101 Å². The van der Waals surface area contributed by atoms with E-state index in [0.29, 0.717) is 19.3 Å². The Morgan fingerprint density at radius 1 is 0.764 bits per heavy atom. The summed E-state index contributed by atoms with van der Waals surface area (Å²) in [6.45, 7) is 7.66. The zero-order valence-corrected chi connectivity index (χ0v) is 35.1. The molecule has 11 nitrogen and oxygen atoms in total. The molecule has 0 aromatic carbocycles. The zero-order chi connectivity index (χ0) is 40.6. The van der Waals surface area contributed by atoms with Crippen LogP contribution in [0.5, 0.6) is 0 Å². The van der Waals surface area contributed by atoms with E-state index in [4.69, 9.17) is 28.7 Å². The monoisotopic (exact) mass is 793 g/mol. The highest BCUT2D eigenvalue weighted by Crippen LogP contribution is 2.43. The Morgan fingerprint density at radius 2 is 1.42 bits per heavy atom. The predicted octanol–water partition coefficient (Wildman–Crippen LogP) is 9.79. The van der Waals surface area contributed by atoms with Gasteiger partial charge in [0.2, 0.25) is 0 Å². The average Bonchev–Trinajstić information content (AvgIpc) is 3.42. The van der Waals surface area contributed by atoms with Crippen molar-refractivity contribution in [3.05, 3.63) is 71.3 Å². The molecule has 314 valence electrons. The van der Waals surface area contributed by atoms with E-state index in [2.05, 4.69) is 39.8 Å². The molecule has 0 saturated carbocycles. The number of esters is 2. The van der Waals surface area contributed by atoms with Gasteiger partial charge in [-0.3, -0.25) is 18.6 Å². The number of phosphoric acid groups is 1. The first-order valence-electron chi connectivity index (χ1n) is 20.6. The number of allylic oxidation sites excluding steroid dienone is 7. The Hall–Kier alpha value is -2.79. The van der Waals surface area contributed by atoms with Crippen LogP contribution >= 0.6 is 7.82 Å². The quantitative estimate of drug-likeness (QED) is 0.0200. The van der Waals surface area contributed by atoms with E-state index in [1.54, 1.807) is 0 Å². The lowest BCUT2D eigenvalue weighted by atomic mass is 10.0. The molecule has 4 N–H and O–H groups in total. The Bertz CT molecular complexity index is 1330. The summed E-state index contributed by atoms with van der Waals surface area (Å²) in [4.78, 5) is 34.9. The number of ether oxygens (including phenoxy) is 2. The molecule has 55 heavy (non-hydrogen) atoms. The number of aliphatic hydroxyl groups is 1. The van der Waals surface area contributed by atoms with Crippen molar-refractivity contribution in [3.63, 3.8) is 0 Å². The fourth-order valence-corrected chi connectivity index (χ4v) is 6.43. The van der Waals surface area contributed by atoms with Gasteiger partial charge in [-0.1, -0.05) is 107 Å². The fraction of sp³-hybridized carbons (Fsp3) is 0.674. The SMILES string of the molecule is CCCCC[C@H](O)/C=C/C=C\C/C=C\C/C=C\CCCC(=O)O[C@H](COC(=O)CCCCCCCCc1oc(CCC)c(C)c1C)COP(=O)(O)OCCN. The maximum atomic E-state index is 12.6. The highest BCUT2D eigenvalue weighted by molar-refractivity contribution is 7.47. The molecule has 0 aliphatic carbocycles. The van der Waals surface area contributed by atoms with Crippen molar-refractivity contribution in [2.75, 3.05) is 26.4 Å². The van der Waals surface area contributed by atoms with Crippen LogP contribution in [0.15, 0.2) is 53.0 Å². The molecule has 3 atom stereocenters. The molecule has 0 amide bonds. The van der Waals surface area contributed by atoms with Gasteiger partial charge in [0.05, 0.1) is 19.3 Å². The summed E-state index contributed by atoms with van der Waals surface area (Å²) in [6, 6.07) is 0. The molecule has 1 heterocycles. The first-order valence-corrected chi connectivity index (χ1v) is 22.1. The topological polar surface area (TPSA) is 168 Å². The lowest BCUT2D eigenvalue weighted by molar-refractivity contribution is -0.161. The molecule has 1 rings (SSSR count). The first kappa shape index (κ1) is 50.2. The zero-order valence-electron chi connectivity index (χ0n) is 34.2. The Kier molecular flexibility index (Phi) is 29.5. The molecule has 0 aliphatic heterocycles. The van der Waals surface area contributed by atoms with Gasteiger partial charge >= 0.3 is 19.8 Å². The second-order valence-electron chi connectivity index (χ2n) is 13.9. The Morgan fingerprint density at radius 3 is 2.13 bits per heavy atom. The van der Waals surface area contributed by atoms with Crippen LogP contribution in [0.3, 0.4) is 0 Å². The Balaban J connectivity index is 2.35. The highest BCUT2D eigenvalue weighted by Gasteiger charge is 2.26. The molecule has 1 unspecified atom stereocenters. The molecule has 0 spiro atoms. The van der Waals surface area contributed by atoms with Gasteiger partial charge in [-0.25, -0.2) is 4.57 Å². The largest absolute Gasteiger partial charge is 0.472 e. The summed E-state index contributed by atoms with van der Waals surface area (Å²) >= 11 is 0. The smallest absolute Gasteiger partial charge is 0.466 e. The third-order valence-corrected chi connectivity index (χ3v) is 9.98. The van der Waals surface area contributed by atoms with E-state index < -0.39 is 32.5 Å². The number of furan rings is 1. The molecular weight excluding hydrogens is 721 g/mol. The maximum absolute atomic E-state index is 12.6. The number of aryl methyl sites for hydroxylation is 2. The van der Waals surface area contributed by atoms with Crippen LogP contribution in [-0.4, -0.2) is 60.5 Å². The minimum absolute atomic E-state index is 0.0277. The molecule has 12 heteroatoms. The van der Waals surface area contributed by atoms with E-state index in [-0.39, 0.29) is 38.7 Å². The number of hydrogen-bond acceptors (Lipinski definition) is 10. The maximum Gasteiger partial charge on any atom is 0.472 e. The number of phosphoric ester groups is 1. The molecule has 0 bridgehead atoms. The van der Waals surface area contributed by atoms with Crippen LogP contribution in [0.25, 0.3) is 0 Å². The van der Waals surface area contributed by atoms with E-state index >= 15 is 0 Å². The van der Waals surface area contributed by atoms with Crippen LogP contribution < -0.4 is 5.73 Å². The van der Waals surface area contributed by atoms with Crippen molar-refractivity contribution in [2.45, 2.75) is 162 Å². The standard InChI is InChI=1S/C43H72NO10P/c1-5-7-21-27-38(45)28-22-17-13-11-9-8-10-12-14-20-25-31-43(47)53-39(35-52-55(48,49)51-33-32-44)34-50-42(46)30-24-19-16-15-18-23-29-41-37(4)36(3)40(54-41)26-6-2/h8-9,12-14,17,22,28,38-39,45H,5-7,10-11,15-16,18-21,23-27,29-35,44H2,1-4H3,(H,48,49)/b9-8-,14-12-,17-13-,28-22+/t38-,39+/m0/s1. The summed E-state index contributed by atoms with van der Waals surface area (Å²) in [6.07, 6.45) is 30.5. The Labute approximate surface area is 331 Å². The van der Waals surface area contributed by atoms with Gasteiger partial charge in [-0.2, -0.15) is 0 Å². The minimum atomic E-state index is -4.42. The summed E-state index contributed by atoms with van der Waals surface area (Å²) in [5.74, 6) is 1.26. The van der Waals surface area contributed by atoms with E-state index in [9.17, 15) is 24.2 Å². The van der Waals surface area contributed by atoms with Gasteiger partial charge in [0.1, 0.15) is 18.1 Å². The number of rotatable bonds is 34. The van der Waals surface area contributed by atoms with Gasteiger partial charge < -0.3 is 29.6 Å². The summed E-state index contributed by atoms with van der Waals surface area (Å²) < 4.78 is 38.8. The van der Waals surface area contributed by atoms with Crippen LogP contribution in [0.1, 0.15) is 146 Å². The number of carbonyl (C=O) groups is 2. The van der Waals surface area contributed by atoms with Crippen LogP contribution in [-0.2, 0) is 45.5 Å². The minimum Gasteiger partial charge on any atom is -0.466 e. The molecule has 1 aromatic heterocycles. The van der Waals surface area contributed by atoms with Crippen LogP contribution in [0.4, 0.5) is 0 Å². The molecule has 0 saturated heterocycles. The van der Waals surface area contributed by atoms with E-state index in [1.807, 2.05) is 36.5 Å². The molecular formula is C43H72NO10P. The van der Waals surface area contributed by atoms with Crippen molar-refractivity contribution < 1.29 is 47.1 Å². The van der Waals surface area contributed by atoms with Crippen LogP contribution in [0, 0.1) is 13.8 Å². The third kappa shape index (κ3) is 26.7. The fourth-order valence-electron chi connectivity index (χ4n) is 5.67. The molecule has 1 aromatic rings. The van der Waals surface area contributed by atoms with Crippen molar-refractivity contribution in [2.24, 2.45) is 5.73 Å². The van der Waals surface area contributed by atoms with Gasteiger partial charge in [-0.05, 0) is 76.3 Å². The van der Waals surface area contributed by atoms with Crippen molar-refractivity contribution in [3.8, 4) is 0 Å². The van der Waals surface area contributed by atoms with Crippen molar-refractivity contribution in [1.82, 2.24) is 0 Å². The first-order chi connectivity index (χ1) is 26.5. The lowest BCUT2D eigenvalue weighted by Gasteiger charge is -2.19. The van der Waals surface area contributed by atoms with Gasteiger partial charge in [0, 0.05) is 32.2 Å². The van der Waals surface area contributed by atoms with E-state index in [1.165, 1.54) is 11.1 Å². The third-order valence-electron chi connectivity index (χ3n) is 8.99. The van der Waals surface area contributed by atoms with Gasteiger partial charge in [-0.15, -0.1) is 0 Å². The average molecular weight is 794 g/mol. The molecule has 0 radical (unpaired) electrons. The van der Waals surface area contributed by atoms with Gasteiger partial charge in [0.15, 0.2) is 6.10 Å². The second kappa shape index (κ2) is 32.3. The van der Waals surface area contributed by atoms with Crippen molar-refractivity contribution in [1.29, 1.82) is 0 Å². The highest BCUT2D eigenvalue weighted by atomic mass is 31.2. The molecule has 0 fully saturated rings. The summed E-state index contributed by atoms with van der Waals surface area (Å²) in [5.41, 5.74) is 7.90. The normalized spacial score (nSPS) is 14.4. The molecule has 0 aliphatic rings. The van der Waals surface area contributed by atoms with Crippen molar-refractivity contribution >= 4 is 19.8 Å². The van der Waals surface area contributed by atoms with Crippen LogP contribution in [0.2, 0.25) is 0 Å². The number of hydrogen-bond donors (Lipinski definition) is 3.